The molecule has 0 spiro atoms. The number of halogens is 1. The summed E-state index contributed by atoms with van der Waals surface area (Å²) >= 11 is 7.72. The second-order valence-corrected chi connectivity index (χ2v) is 7.25. The normalized spacial score (nSPS) is 14.4. The Kier molecular flexibility index (Phi) is 5.98. The highest BCUT2D eigenvalue weighted by atomic mass is 35.5. The quantitative estimate of drug-likeness (QED) is 0.703. The molecule has 1 aromatic carbocycles. The molecule has 27 heavy (non-hydrogen) atoms. The van der Waals surface area contributed by atoms with Gasteiger partial charge >= 0.3 is 11.9 Å². The third kappa shape index (κ3) is 4.07. The van der Waals surface area contributed by atoms with E-state index in [2.05, 4.69) is 0 Å². The minimum absolute atomic E-state index is 0.370. The first-order valence-corrected chi connectivity index (χ1v) is 9.43. The minimum Gasteiger partial charge on any atom is -0.466 e. The van der Waals surface area contributed by atoms with Crippen molar-refractivity contribution in [3.8, 4) is 0 Å². The fraction of sp³-hybridized carbons (Fsp3) is 0.200. The van der Waals surface area contributed by atoms with Crippen LogP contribution < -0.4 is 0 Å². The van der Waals surface area contributed by atoms with Crippen LogP contribution in [0.1, 0.15) is 16.4 Å². The van der Waals surface area contributed by atoms with E-state index in [0.29, 0.717) is 22.7 Å². The van der Waals surface area contributed by atoms with Gasteiger partial charge in [-0.25, -0.2) is 9.59 Å². The van der Waals surface area contributed by atoms with E-state index < -0.39 is 17.9 Å². The Balaban J connectivity index is 2.06. The van der Waals surface area contributed by atoms with Crippen molar-refractivity contribution in [1.82, 2.24) is 4.90 Å². The van der Waals surface area contributed by atoms with Gasteiger partial charge in [0.2, 0.25) is 0 Å². The van der Waals surface area contributed by atoms with Crippen LogP contribution >= 0.6 is 22.9 Å². The number of methoxy groups -OCH3 is 2. The lowest BCUT2D eigenvalue weighted by Gasteiger charge is -2.29. The molecule has 2 heterocycles. The summed E-state index contributed by atoms with van der Waals surface area (Å²) in [6, 6.07) is 11.2. The number of rotatable bonds is 5. The van der Waals surface area contributed by atoms with E-state index in [1.54, 1.807) is 23.4 Å². The molecule has 0 radical (unpaired) electrons. The van der Waals surface area contributed by atoms with Crippen LogP contribution in [0.5, 0.6) is 0 Å². The van der Waals surface area contributed by atoms with Gasteiger partial charge in [0.05, 0.1) is 31.3 Å². The van der Waals surface area contributed by atoms with Gasteiger partial charge < -0.3 is 14.4 Å². The Labute approximate surface area is 166 Å². The van der Waals surface area contributed by atoms with E-state index >= 15 is 0 Å². The molecule has 140 valence electrons. The summed E-state index contributed by atoms with van der Waals surface area (Å²) < 4.78 is 9.93. The minimum atomic E-state index is -0.535. The average molecular weight is 404 g/mol. The number of hydrogen-bond donors (Lipinski definition) is 0. The van der Waals surface area contributed by atoms with Gasteiger partial charge in [0.25, 0.3) is 0 Å². The number of carbonyl (C=O) groups excluding carboxylic acids is 2. The molecule has 0 aliphatic carbocycles. The van der Waals surface area contributed by atoms with Crippen LogP contribution in [0.25, 0.3) is 0 Å². The molecule has 0 atom stereocenters. The van der Waals surface area contributed by atoms with Gasteiger partial charge in [0, 0.05) is 28.8 Å². The van der Waals surface area contributed by atoms with E-state index in [4.69, 9.17) is 21.1 Å². The van der Waals surface area contributed by atoms with Gasteiger partial charge in [-0.1, -0.05) is 35.9 Å². The first-order chi connectivity index (χ1) is 13.0. The molecule has 7 heteroatoms. The fourth-order valence-corrected chi connectivity index (χ4v) is 4.02. The standard InChI is InChI=1S/C20H18ClNO4S/c1-25-19(23)14-11-22(10-13-6-3-4-7-16(13)21)12-15(20(24)26-2)18(14)17-8-5-9-27-17/h3-9,11-12,18H,10H2,1-2H3. The topological polar surface area (TPSA) is 55.8 Å². The van der Waals surface area contributed by atoms with Crippen molar-refractivity contribution >= 4 is 34.9 Å². The fourth-order valence-electron chi connectivity index (χ4n) is 2.96. The number of hydrogen-bond acceptors (Lipinski definition) is 6. The highest BCUT2D eigenvalue weighted by Crippen LogP contribution is 2.39. The molecule has 0 N–H and O–H groups in total. The molecule has 1 aromatic heterocycles. The predicted molar refractivity (Wildman–Crippen MR) is 104 cm³/mol. The molecule has 0 amide bonds. The van der Waals surface area contributed by atoms with Gasteiger partial charge in [-0.05, 0) is 23.1 Å². The largest absolute Gasteiger partial charge is 0.466 e. The smallest absolute Gasteiger partial charge is 0.336 e. The molecular formula is C20H18ClNO4S. The Bertz CT molecular complexity index is 870. The first-order valence-electron chi connectivity index (χ1n) is 8.17. The maximum Gasteiger partial charge on any atom is 0.336 e. The molecular weight excluding hydrogens is 386 g/mol. The Morgan fingerprint density at radius 3 is 2.19 bits per heavy atom. The zero-order valence-corrected chi connectivity index (χ0v) is 16.4. The molecule has 3 rings (SSSR count). The second-order valence-electron chi connectivity index (χ2n) is 5.86. The molecule has 0 saturated carbocycles. The van der Waals surface area contributed by atoms with Crippen molar-refractivity contribution in [2.75, 3.05) is 14.2 Å². The molecule has 1 aliphatic heterocycles. The summed E-state index contributed by atoms with van der Waals surface area (Å²) in [5, 5.41) is 2.51. The number of ether oxygens (including phenoxy) is 2. The highest BCUT2D eigenvalue weighted by Gasteiger charge is 2.35. The van der Waals surface area contributed by atoms with Crippen molar-refractivity contribution in [2.45, 2.75) is 12.5 Å². The number of carbonyl (C=O) groups is 2. The van der Waals surface area contributed by atoms with Crippen LogP contribution in [0.2, 0.25) is 5.02 Å². The second kappa shape index (κ2) is 8.41. The van der Waals surface area contributed by atoms with Crippen LogP contribution in [0.4, 0.5) is 0 Å². The van der Waals surface area contributed by atoms with Crippen LogP contribution in [0.15, 0.2) is 65.3 Å². The maximum atomic E-state index is 12.5. The van der Waals surface area contributed by atoms with E-state index in [9.17, 15) is 9.59 Å². The van der Waals surface area contributed by atoms with Crippen LogP contribution in [-0.4, -0.2) is 31.1 Å². The van der Waals surface area contributed by atoms with Crippen LogP contribution in [0, 0.1) is 0 Å². The summed E-state index contributed by atoms with van der Waals surface area (Å²) in [5.74, 6) is -1.52. The zero-order chi connectivity index (χ0) is 19.4. The van der Waals surface area contributed by atoms with Crippen molar-refractivity contribution in [3.05, 3.63) is 80.8 Å². The van der Waals surface area contributed by atoms with Gasteiger partial charge in [-0.2, -0.15) is 0 Å². The lowest BCUT2D eigenvalue weighted by atomic mass is 9.88. The van der Waals surface area contributed by atoms with Crippen molar-refractivity contribution in [2.24, 2.45) is 0 Å². The van der Waals surface area contributed by atoms with Crippen molar-refractivity contribution in [3.63, 3.8) is 0 Å². The Morgan fingerprint density at radius 1 is 1.04 bits per heavy atom. The number of benzene rings is 1. The average Bonchev–Trinajstić information content (AvgIpc) is 3.22. The highest BCUT2D eigenvalue weighted by molar-refractivity contribution is 7.10. The van der Waals surface area contributed by atoms with Crippen LogP contribution in [0.3, 0.4) is 0 Å². The number of esters is 2. The first kappa shape index (κ1) is 19.2. The summed E-state index contributed by atoms with van der Waals surface area (Å²) in [6.07, 6.45) is 3.40. The molecule has 0 bridgehead atoms. The van der Waals surface area contributed by atoms with E-state index in [-0.39, 0.29) is 0 Å². The van der Waals surface area contributed by atoms with Gasteiger partial charge in [-0.15, -0.1) is 11.3 Å². The van der Waals surface area contributed by atoms with Gasteiger partial charge in [0.1, 0.15) is 0 Å². The molecule has 2 aromatic rings. The summed E-state index contributed by atoms with van der Waals surface area (Å²) in [5.41, 5.74) is 1.61. The monoisotopic (exact) mass is 403 g/mol. The number of thiophene rings is 1. The van der Waals surface area contributed by atoms with Crippen molar-refractivity contribution in [1.29, 1.82) is 0 Å². The lowest BCUT2D eigenvalue weighted by Crippen LogP contribution is -2.28. The SMILES string of the molecule is COC(=O)C1=CN(Cc2ccccc2Cl)C=C(C(=O)OC)C1c1cccs1. The maximum absolute atomic E-state index is 12.5. The predicted octanol–water partition coefficient (Wildman–Crippen LogP) is 4.11. The third-order valence-electron chi connectivity index (χ3n) is 4.21. The van der Waals surface area contributed by atoms with E-state index in [0.717, 1.165) is 10.4 Å². The molecule has 0 unspecified atom stereocenters. The Morgan fingerprint density at radius 2 is 1.67 bits per heavy atom. The van der Waals surface area contributed by atoms with Crippen molar-refractivity contribution < 1.29 is 19.1 Å². The Hall–Kier alpha value is -2.57. The molecule has 5 nitrogen and oxygen atoms in total. The summed E-state index contributed by atoms with van der Waals surface area (Å²) in [7, 11) is 2.65. The van der Waals surface area contributed by atoms with Gasteiger partial charge in [-0.3, -0.25) is 0 Å². The van der Waals surface area contributed by atoms with Gasteiger partial charge in [0.15, 0.2) is 0 Å². The summed E-state index contributed by atoms with van der Waals surface area (Å²) in [6.45, 7) is 0.401. The van der Waals surface area contributed by atoms with E-state index in [1.165, 1.54) is 25.6 Å². The summed E-state index contributed by atoms with van der Waals surface area (Å²) in [4.78, 5) is 27.6. The third-order valence-corrected chi connectivity index (χ3v) is 5.52. The number of nitrogens with zero attached hydrogens (tertiary/aromatic N) is 1. The zero-order valence-electron chi connectivity index (χ0n) is 14.8. The molecule has 0 saturated heterocycles. The lowest BCUT2D eigenvalue weighted by molar-refractivity contribution is -0.137. The van der Waals surface area contributed by atoms with Crippen LogP contribution in [-0.2, 0) is 25.6 Å². The molecule has 1 aliphatic rings. The van der Waals surface area contributed by atoms with E-state index in [1.807, 2.05) is 35.7 Å². The molecule has 0 fully saturated rings.